The fourth-order valence-corrected chi connectivity index (χ4v) is 3.50. The highest BCUT2D eigenvalue weighted by atomic mass is 16.6. The topological polar surface area (TPSA) is 92.8 Å². The van der Waals surface area contributed by atoms with Crippen molar-refractivity contribution in [3.63, 3.8) is 0 Å². The molecular weight excluding hydrogens is 354 g/mol. The number of H-pyrrole nitrogens is 1. The summed E-state index contributed by atoms with van der Waals surface area (Å²) in [7, 11) is 0. The van der Waals surface area contributed by atoms with Gasteiger partial charge in [0.05, 0.1) is 16.9 Å². The van der Waals surface area contributed by atoms with Crippen LogP contribution in [0.3, 0.4) is 0 Å². The molecule has 1 aromatic carbocycles. The number of aromatic amines is 1. The van der Waals surface area contributed by atoms with E-state index in [1.54, 1.807) is 12.4 Å². The SMILES string of the molecule is O=C1Nc2cc3[nH]nc(-c4ccncc4)c3nc2CC(Cc2ccccc2)O1. The Morgan fingerprint density at radius 1 is 1.11 bits per heavy atom. The molecule has 7 nitrogen and oxygen atoms in total. The van der Waals surface area contributed by atoms with Gasteiger partial charge in [0.1, 0.15) is 17.3 Å². The number of cyclic esters (lactones) is 1. The van der Waals surface area contributed by atoms with Crippen LogP contribution >= 0.6 is 0 Å². The van der Waals surface area contributed by atoms with E-state index < -0.39 is 6.09 Å². The van der Waals surface area contributed by atoms with Crippen molar-refractivity contribution in [3.8, 4) is 11.3 Å². The van der Waals surface area contributed by atoms with E-state index >= 15 is 0 Å². The molecule has 1 amide bonds. The van der Waals surface area contributed by atoms with Gasteiger partial charge in [-0.15, -0.1) is 0 Å². The summed E-state index contributed by atoms with van der Waals surface area (Å²) in [4.78, 5) is 21.1. The average molecular weight is 371 g/mol. The third-order valence-corrected chi connectivity index (χ3v) is 4.81. The van der Waals surface area contributed by atoms with Gasteiger partial charge in [-0.2, -0.15) is 5.10 Å². The maximum atomic E-state index is 12.2. The number of aromatic nitrogens is 4. The Labute approximate surface area is 160 Å². The predicted molar refractivity (Wildman–Crippen MR) is 105 cm³/mol. The fourth-order valence-electron chi connectivity index (χ4n) is 3.50. The van der Waals surface area contributed by atoms with Gasteiger partial charge in [0.25, 0.3) is 0 Å². The number of benzene rings is 1. The Kier molecular flexibility index (Phi) is 3.97. The van der Waals surface area contributed by atoms with E-state index in [2.05, 4.69) is 20.5 Å². The van der Waals surface area contributed by atoms with Crippen molar-refractivity contribution < 1.29 is 9.53 Å². The van der Waals surface area contributed by atoms with Crippen molar-refractivity contribution in [1.29, 1.82) is 0 Å². The standard InChI is InChI=1S/C21H17N5O2/c27-21-24-17-12-18-20(19(26-25-18)14-6-8-22-9-7-14)23-16(17)11-15(28-21)10-13-4-2-1-3-5-13/h1-9,12,15H,10-11H2,(H,24,27)(H,25,26). The van der Waals surface area contributed by atoms with Crippen LogP contribution in [0.25, 0.3) is 22.3 Å². The largest absolute Gasteiger partial charge is 0.445 e. The number of carbonyl (C=O) groups is 1. The lowest BCUT2D eigenvalue weighted by molar-refractivity contribution is 0.113. The Morgan fingerprint density at radius 3 is 2.75 bits per heavy atom. The molecule has 1 unspecified atom stereocenters. The number of amides is 1. The Balaban J connectivity index is 1.54. The number of ether oxygens (including phenoxy) is 1. The zero-order valence-corrected chi connectivity index (χ0v) is 14.9. The lowest BCUT2D eigenvalue weighted by Gasteiger charge is -2.14. The second kappa shape index (κ2) is 6.77. The van der Waals surface area contributed by atoms with Gasteiger partial charge in [0.2, 0.25) is 0 Å². The molecule has 0 bridgehead atoms. The third-order valence-electron chi connectivity index (χ3n) is 4.81. The summed E-state index contributed by atoms with van der Waals surface area (Å²) < 4.78 is 5.59. The summed E-state index contributed by atoms with van der Waals surface area (Å²) in [5, 5.41) is 10.2. The number of hydrogen-bond donors (Lipinski definition) is 2. The summed E-state index contributed by atoms with van der Waals surface area (Å²) in [6, 6.07) is 15.6. The first kappa shape index (κ1) is 16.4. The molecule has 5 rings (SSSR count). The number of rotatable bonds is 3. The van der Waals surface area contributed by atoms with Crippen molar-refractivity contribution in [2.75, 3.05) is 5.32 Å². The minimum atomic E-state index is -0.463. The van der Waals surface area contributed by atoms with Crippen molar-refractivity contribution in [1.82, 2.24) is 20.2 Å². The van der Waals surface area contributed by atoms with Crippen LogP contribution in [0.15, 0.2) is 60.9 Å². The van der Waals surface area contributed by atoms with Gasteiger partial charge >= 0.3 is 6.09 Å². The van der Waals surface area contributed by atoms with Crippen molar-refractivity contribution >= 4 is 22.8 Å². The normalized spacial score (nSPS) is 16.1. The number of nitrogens with zero attached hydrogens (tertiary/aromatic N) is 3. The minimum absolute atomic E-state index is 0.287. The summed E-state index contributed by atoms with van der Waals surface area (Å²) in [5.74, 6) is 0. The lowest BCUT2D eigenvalue weighted by atomic mass is 10.0. The molecule has 7 heteroatoms. The van der Waals surface area contributed by atoms with Crippen LogP contribution in [-0.2, 0) is 17.6 Å². The molecule has 2 N–H and O–H groups in total. The van der Waals surface area contributed by atoms with Crippen molar-refractivity contribution in [3.05, 3.63) is 72.2 Å². The van der Waals surface area contributed by atoms with Crippen LogP contribution in [0.2, 0.25) is 0 Å². The minimum Gasteiger partial charge on any atom is -0.445 e. The molecule has 0 fully saturated rings. The average Bonchev–Trinajstić information content (AvgIpc) is 3.05. The Bertz CT molecular complexity index is 1140. The van der Waals surface area contributed by atoms with Crippen LogP contribution in [-0.4, -0.2) is 32.4 Å². The van der Waals surface area contributed by atoms with Crippen molar-refractivity contribution in [2.24, 2.45) is 0 Å². The van der Waals surface area contributed by atoms with Crippen LogP contribution < -0.4 is 5.32 Å². The molecule has 0 spiro atoms. The number of carbonyl (C=O) groups excluding carboxylic acids is 1. The molecule has 3 aromatic heterocycles. The summed E-state index contributed by atoms with van der Waals surface area (Å²) >= 11 is 0. The van der Waals surface area contributed by atoms with Gasteiger partial charge in [0, 0.05) is 30.8 Å². The summed E-state index contributed by atoms with van der Waals surface area (Å²) in [6.07, 6.45) is 3.86. The number of pyridine rings is 2. The molecule has 4 heterocycles. The second-order valence-corrected chi connectivity index (χ2v) is 6.73. The number of nitrogens with one attached hydrogen (secondary N) is 2. The third kappa shape index (κ3) is 3.07. The highest BCUT2D eigenvalue weighted by molar-refractivity contribution is 5.94. The van der Waals surface area contributed by atoms with E-state index in [1.165, 1.54) is 0 Å². The zero-order valence-electron chi connectivity index (χ0n) is 14.9. The smallest absolute Gasteiger partial charge is 0.411 e. The molecule has 1 aliphatic heterocycles. The van der Waals surface area contributed by atoms with E-state index in [0.717, 1.165) is 33.5 Å². The molecule has 4 aromatic rings. The second-order valence-electron chi connectivity index (χ2n) is 6.73. The first-order valence-corrected chi connectivity index (χ1v) is 9.06. The Morgan fingerprint density at radius 2 is 1.93 bits per heavy atom. The molecule has 28 heavy (non-hydrogen) atoms. The molecule has 1 aliphatic rings. The van der Waals surface area contributed by atoms with E-state index in [1.807, 2.05) is 48.5 Å². The molecule has 138 valence electrons. The van der Waals surface area contributed by atoms with Gasteiger partial charge in [-0.3, -0.25) is 15.4 Å². The van der Waals surface area contributed by atoms with Gasteiger partial charge in [-0.05, 0) is 23.8 Å². The van der Waals surface area contributed by atoms with Crippen LogP contribution in [0.5, 0.6) is 0 Å². The zero-order chi connectivity index (χ0) is 18.9. The molecular formula is C21H17N5O2. The van der Waals surface area contributed by atoms with Crippen molar-refractivity contribution in [2.45, 2.75) is 18.9 Å². The maximum absolute atomic E-state index is 12.2. The lowest BCUT2D eigenvalue weighted by Crippen LogP contribution is -2.22. The number of hydrogen-bond acceptors (Lipinski definition) is 5. The maximum Gasteiger partial charge on any atom is 0.411 e. The number of fused-ring (bicyclic) bond motifs is 2. The highest BCUT2D eigenvalue weighted by Gasteiger charge is 2.25. The molecule has 0 radical (unpaired) electrons. The first-order valence-electron chi connectivity index (χ1n) is 9.06. The van der Waals surface area contributed by atoms with Gasteiger partial charge in [0.15, 0.2) is 0 Å². The molecule has 1 atom stereocenters. The fraction of sp³-hybridized carbons (Fsp3) is 0.143. The van der Waals surface area contributed by atoms with Gasteiger partial charge in [-0.25, -0.2) is 9.78 Å². The van der Waals surface area contributed by atoms with E-state index in [-0.39, 0.29) is 6.10 Å². The van der Waals surface area contributed by atoms with Crippen LogP contribution in [0, 0.1) is 0 Å². The van der Waals surface area contributed by atoms with Crippen LogP contribution in [0.1, 0.15) is 11.3 Å². The van der Waals surface area contributed by atoms with Gasteiger partial charge in [-0.1, -0.05) is 30.3 Å². The first-order chi connectivity index (χ1) is 13.8. The Hall–Kier alpha value is -3.74. The molecule has 0 saturated carbocycles. The van der Waals surface area contributed by atoms with E-state index in [9.17, 15) is 4.79 Å². The molecule has 0 aliphatic carbocycles. The summed E-state index contributed by atoms with van der Waals surface area (Å²) in [6.45, 7) is 0. The monoisotopic (exact) mass is 371 g/mol. The van der Waals surface area contributed by atoms with Gasteiger partial charge < -0.3 is 4.74 Å². The van der Waals surface area contributed by atoms with Crippen LogP contribution in [0.4, 0.5) is 10.5 Å². The quantitative estimate of drug-likeness (QED) is 0.572. The van der Waals surface area contributed by atoms with E-state index in [4.69, 9.17) is 9.72 Å². The molecule has 0 saturated heterocycles. The highest BCUT2D eigenvalue weighted by Crippen LogP contribution is 2.30. The number of anilines is 1. The predicted octanol–water partition coefficient (Wildman–Crippen LogP) is 3.74. The summed E-state index contributed by atoms with van der Waals surface area (Å²) in [5.41, 5.74) is 5.77. The van der Waals surface area contributed by atoms with E-state index in [0.29, 0.717) is 18.5 Å².